The molecule has 2 aromatic carbocycles. The topological polar surface area (TPSA) is 49.9 Å². The Labute approximate surface area is 184 Å². The number of rotatable bonds is 4. The number of piperidine rings is 1. The van der Waals surface area contributed by atoms with Crippen LogP contribution < -0.4 is 9.64 Å². The third kappa shape index (κ3) is 3.73. The second-order valence-electron chi connectivity index (χ2n) is 8.99. The van der Waals surface area contributed by atoms with Gasteiger partial charge in [0.2, 0.25) is 0 Å². The number of carbonyl (C=O) groups excluding carboxylic acids is 2. The van der Waals surface area contributed by atoms with E-state index in [1.165, 1.54) is 4.90 Å². The first-order valence-corrected chi connectivity index (χ1v) is 10.9. The van der Waals surface area contributed by atoms with Gasteiger partial charge in [0.25, 0.3) is 11.8 Å². The SMILES string of the molecule is COc1ccccc1C1=C(N2CC(C)CC(C)C2)C(=O)N(c2ccc(C)c(C)c2)C1=O. The van der Waals surface area contributed by atoms with Gasteiger partial charge >= 0.3 is 0 Å². The lowest BCUT2D eigenvalue weighted by molar-refractivity contribution is -0.120. The van der Waals surface area contributed by atoms with Gasteiger partial charge in [0.1, 0.15) is 11.4 Å². The molecule has 2 atom stereocenters. The van der Waals surface area contributed by atoms with E-state index in [1.54, 1.807) is 7.11 Å². The highest BCUT2D eigenvalue weighted by Gasteiger charge is 2.44. The molecule has 0 saturated carbocycles. The molecular formula is C26H30N2O3. The van der Waals surface area contributed by atoms with E-state index in [1.807, 2.05) is 56.3 Å². The van der Waals surface area contributed by atoms with E-state index in [-0.39, 0.29) is 11.8 Å². The highest BCUT2D eigenvalue weighted by Crippen LogP contribution is 2.40. The van der Waals surface area contributed by atoms with Gasteiger partial charge in [-0.3, -0.25) is 9.59 Å². The molecule has 2 amide bonds. The molecule has 5 nitrogen and oxygen atoms in total. The molecule has 2 unspecified atom stereocenters. The van der Waals surface area contributed by atoms with Crippen molar-refractivity contribution < 1.29 is 14.3 Å². The Bertz CT molecular complexity index is 1060. The molecule has 2 aromatic rings. The summed E-state index contributed by atoms with van der Waals surface area (Å²) >= 11 is 0. The smallest absolute Gasteiger partial charge is 0.282 e. The van der Waals surface area contributed by atoms with Crippen LogP contribution in [0.15, 0.2) is 48.2 Å². The van der Waals surface area contributed by atoms with Crippen LogP contribution in [0.1, 0.15) is 37.0 Å². The summed E-state index contributed by atoms with van der Waals surface area (Å²) in [4.78, 5) is 31.0. The first kappa shape index (κ1) is 21.2. The number of hydrogen-bond donors (Lipinski definition) is 0. The quantitative estimate of drug-likeness (QED) is 0.683. The number of amides is 2. The molecule has 2 aliphatic rings. The summed E-state index contributed by atoms with van der Waals surface area (Å²) in [7, 11) is 1.59. The zero-order valence-corrected chi connectivity index (χ0v) is 18.9. The van der Waals surface area contributed by atoms with Gasteiger partial charge in [-0.05, 0) is 61.4 Å². The molecule has 2 aliphatic heterocycles. The van der Waals surface area contributed by atoms with Crippen LogP contribution >= 0.6 is 0 Å². The Morgan fingerprint density at radius 1 is 0.903 bits per heavy atom. The second-order valence-corrected chi connectivity index (χ2v) is 8.99. The fourth-order valence-electron chi connectivity index (χ4n) is 4.85. The molecule has 1 fully saturated rings. The molecule has 4 rings (SSSR count). The fourth-order valence-corrected chi connectivity index (χ4v) is 4.85. The molecular weight excluding hydrogens is 388 g/mol. The molecule has 2 heterocycles. The third-order valence-electron chi connectivity index (χ3n) is 6.37. The number of imide groups is 1. The predicted molar refractivity (Wildman–Crippen MR) is 123 cm³/mol. The van der Waals surface area contributed by atoms with E-state index in [4.69, 9.17) is 4.74 Å². The summed E-state index contributed by atoms with van der Waals surface area (Å²) in [5, 5.41) is 0. The first-order valence-electron chi connectivity index (χ1n) is 10.9. The lowest BCUT2D eigenvalue weighted by atomic mass is 9.91. The molecule has 0 bridgehead atoms. The average Bonchev–Trinajstić information content (AvgIpc) is 2.99. The maximum Gasteiger partial charge on any atom is 0.282 e. The zero-order valence-electron chi connectivity index (χ0n) is 18.9. The first-order chi connectivity index (χ1) is 14.8. The summed E-state index contributed by atoms with van der Waals surface area (Å²) in [6.07, 6.45) is 1.12. The van der Waals surface area contributed by atoms with Gasteiger partial charge in [-0.25, -0.2) is 4.90 Å². The van der Waals surface area contributed by atoms with E-state index in [9.17, 15) is 9.59 Å². The Morgan fingerprint density at radius 2 is 1.58 bits per heavy atom. The minimum absolute atomic E-state index is 0.254. The van der Waals surface area contributed by atoms with E-state index >= 15 is 0 Å². The molecule has 0 N–H and O–H groups in total. The number of hydrogen-bond acceptors (Lipinski definition) is 4. The summed E-state index contributed by atoms with van der Waals surface area (Å²) in [6.45, 7) is 9.94. The number of likely N-dealkylation sites (tertiary alicyclic amines) is 1. The minimum Gasteiger partial charge on any atom is -0.496 e. The molecule has 0 aromatic heterocycles. The van der Waals surface area contributed by atoms with Crippen LogP contribution in [-0.4, -0.2) is 36.9 Å². The van der Waals surface area contributed by atoms with Crippen molar-refractivity contribution in [2.75, 3.05) is 25.1 Å². The van der Waals surface area contributed by atoms with E-state index in [0.29, 0.717) is 40.1 Å². The summed E-state index contributed by atoms with van der Waals surface area (Å²) in [5.41, 5.74) is 4.37. The lowest BCUT2D eigenvalue weighted by Crippen LogP contribution is -2.42. The van der Waals surface area contributed by atoms with E-state index in [2.05, 4.69) is 18.7 Å². The maximum absolute atomic E-state index is 13.8. The van der Waals surface area contributed by atoms with E-state index in [0.717, 1.165) is 30.6 Å². The van der Waals surface area contributed by atoms with Crippen molar-refractivity contribution in [3.05, 3.63) is 64.9 Å². The highest BCUT2D eigenvalue weighted by molar-refractivity contribution is 6.45. The van der Waals surface area contributed by atoms with Crippen LogP contribution in [0.25, 0.3) is 5.57 Å². The number of aryl methyl sites for hydroxylation is 2. The highest BCUT2D eigenvalue weighted by atomic mass is 16.5. The van der Waals surface area contributed by atoms with Gasteiger partial charge in [-0.2, -0.15) is 0 Å². The third-order valence-corrected chi connectivity index (χ3v) is 6.37. The van der Waals surface area contributed by atoms with Crippen LogP contribution in [-0.2, 0) is 9.59 Å². The largest absolute Gasteiger partial charge is 0.496 e. The maximum atomic E-state index is 13.8. The van der Waals surface area contributed by atoms with Crippen molar-refractivity contribution in [2.24, 2.45) is 11.8 Å². The van der Waals surface area contributed by atoms with Crippen molar-refractivity contribution in [2.45, 2.75) is 34.1 Å². The average molecular weight is 419 g/mol. The molecule has 162 valence electrons. The second kappa shape index (κ2) is 8.22. The van der Waals surface area contributed by atoms with Crippen LogP contribution in [0.3, 0.4) is 0 Å². The van der Waals surface area contributed by atoms with Crippen molar-refractivity contribution in [3.8, 4) is 5.75 Å². The molecule has 1 saturated heterocycles. The number of benzene rings is 2. The van der Waals surface area contributed by atoms with E-state index < -0.39 is 0 Å². The van der Waals surface area contributed by atoms with Gasteiger partial charge in [0.15, 0.2) is 0 Å². The number of carbonyl (C=O) groups is 2. The number of methoxy groups -OCH3 is 1. The lowest BCUT2D eigenvalue weighted by Gasteiger charge is -2.37. The summed E-state index contributed by atoms with van der Waals surface area (Å²) < 4.78 is 5.56. The molecule has 0 spiro atoms. The number of nitrogens with zero attached hydrogens (tertiary/aromatic N) is 2. The fraction of sp³-hybridized carbons (Fsp3) is 0.385. The van der Waals surface area contributed by atoms with Crippen molar-refractivity contribution in [3.63, 3.8) is 0 Å². The number of anilines is 1. The van der Waals surface area contributed by atoms with Crippen LogP contribution in [0.2, 0.25) is 0 Å². The Balaban J connectivity index is 1.88. The Morgan fingerprint density at radius 3 is 2.23 bits per heavy atom. The number of para-hydroxylation sites is 1. The van der Waals surface area contributed by atoms with Crippen LogP contribution in [0, 0.1) is 25.7 Å². The normalized spacial score (nSPS) is 21.8. The number of ether oxygens (including phenoxy) is 1. The summed E-state index contributed by atoms with van der Waals surface area (Å²) in [6, 6.07) is 13.2. The van der Waals surface area contributed by atoms with Gasteiger partial charge in [-0.15, -0.1) is 0 Å². The molecule has 31 heavy (non-hydrogen) atoms. The van der Waals surface area contributed by atoms with Gasteiger partial charge in [-0.1, -0.05) is 38.1 Å². The van der Waals surface area contributed by atoms with Gasteiger partial charge < -0.3 is 9.64 Å². The Kier molecular flexibility index (Phi) is 5.61. The zero-order chi connectivity index (χ0) is 22.3. The predicted octanol–water partition coefficient (Wildman–Crippen LogP) is 4.57. The van der Waals surface area contributed by atoms with Crippen molar-refractivity contribution in [1.29, 1.82) is 0 Å². The monoisotopic (exact) mass is 418 g/mol. The van der Waals surface area contributed by atoms with Crippen molar-refractivity contribution >= 4 is 23.1 Å². The molecule has 0 radical (unpaired) electrons. The van der Waals surface area contributed by atoms with Gasteiger partial charge in [0.05, 0.1) is 18.4 Å². The minimum atomic E-state index is -0.293. The Hall–Kier alpha value is -3.08. The van der Waals surface area contributed by atoms with Crippen molar-refractivity contribution in [1.82, 2.24) is 4.90 Å². The summed E-state index contributed by atoms with van der Waals surface area (Å²) in [5.74, 6) is 0.952. The van der Waals surface area contributed by atoms with Crippen LogP contribution in [0.4, 0.5) is 5.69 Å². The van der Waals surface area contributed by atoms with Crippen LogP contribution in [0.5, 0.6) is 5.75 Å². The standard InChI is InChI=1S/C26H30N2O3/c1-16-12-17(2)15-27(14-16)24-23(21-8-6-7-9-22(21)31-5)25(29)28(26(24)30)20-11-10-18(3)19(4)13-20/h6-11,13,16-17H,12,14-15H2,1-5H3. The molecule has 0 aliphatic carbocycles. The molecule has 5 heteroatoms. The van der Waals surface area contributed by atoms with Gasteiger partial charge in [0, 0.05) is 18.7 Å².